The Morgan fingerprint density at radius 3 is 2.38 bits per heavy atom. The minimum atomic E-state index is -0.854. The molecule has 0 bridgehead atoms. The van der Waals surface area contributed by atoms with E-state index in [1.807, 2.05) is 24.3 Å². The Morgan fingerprint density at radius 2 is 1.76 bits per heavy atom. The lowest BCUT2D eigenvalue weighted by Crippen LogP contribution is -2.40. The van der Waals surface area contributed by atoms with Gasteiger partial charge in [0.05, 0.1) is 11.8 Å². The van der Waals surface area contributed by atoms with E-state index in [4.69, 9.17) is 11.6 Å². The molecule has 0 aromatic heterocycles. The molecular weight excluding hydrogens is 290 g/mol. The standard InChI is InChI=1S/C16H20ClNO3/c17-12-7-5-11(6-8-12)9-10-18-15(19)13-3-1-2-4-14(13)16(20)21/h5-8,13-14H,1-4,9-10H2,(H,18,19)(H,20,21)/t13-,14-/m1/s1. The largest absolute Gasteiger partial charge is 0.481 e. The molecule has 5 heteroatoms. The Balaban J connectivity index is 1.83. The van der Waals surface area contributed by atoms with Crippen molar-refractivity contribution < 1.29 is 14.7 Å². The smallest absolute Gasteiger partial charge is 0.307 e. The maximum Gasteiger partial charge on any atom is 0.307 e. The number of halogens is 1. The van der Waals surface area contributed by atoms with Gasteiger partial charge in [-0.05, 0) is 37.0 Å². The molecule has 0 spiro atoms. The van der Waals surface area contributed by atoms with Gasteiger partial charge in [-0.25, -0.2) is 0 Å². The molecule has 0 unspecified atom stereocenters. The van der Waals surface area contributed by atoms with Gasteiger partial charge in [-0.2, -0.15) is 0 Å². The van der Waals surface area contributed by atoms with Crippen LogP contribution < -0.4 is 5.32 Å². The zero-order chi connectivity index (χ0) is 15.2. The highest BCUT2D eigenvalue weighted by Gasteiger charge is 2.35. The number of hydrogen-bond donors (Lipinski definition) is 2. The van der Waals surface area contributed by atoms with Gasteiger partial charge in [-0.15, -0.1) is 0 Å². The quantitative estimate of drug-likeness (QED) is 0.879. The van der Waals surface area contributed by atoms with Crippen molar-refractivity contribution in [2.75, 3.05) is 6.54 Å². The number of rotatable bonds is 5. The highest BCUT2D eigenvalue weighted by atomic mass is 35.5. The first-order chi connectivity index (χ1) is 10.1. The van der Waals surface area contributed by atoms with Crippen molar-refractivity contribution in [3.8, 4) is 0 Å². The summed E-state index contributed by atoms with van der Waals surface area (Å²) in [4.78, 5) is 23.4. The van der Waals surface area contributed by atoms with Crippen molar-refractivity contribution in [1.82, 2.24) is 5.32 Å². The molecule has 2 rings (SSSR count). The number of hydrogen-bond acceptors (Lipinski definition) is 2. The van der Waals surface area contributed by atoms with Crippen LogP contribution in [0.1, 0.15) is 31.2 Å². The second-order valence-electron chi connectivity index (χ2n) is 5.50. The van der Waals surface area contributed by atoms with E-state index in [-0.39, 0.29) is 11.8 Å². The second-order valence-corrected chi connectivity index (χ2v) is 5.94. The van der Waals surface area contributed by atoms with E-state index in [0.717, 1.165) is 18.4 Å². The van der Waals surface area contributed by atoms with Gasteiger partial charge in [0.1, 0.15) is 0 Å². The maximum absolute atomic E-state index is 12.2. The molecular formula is C16H20ClNO3. The summed E-state index contributed by atoms with van der Waals surface area (Å²) in [5.41, 5.74) is 1.10. The van der Waals surface area contributed by atoms with Crippen molar-refractivity contribution in [3.63, 3.8) is 0 Å². The van der Waals surface area contributed by atoms with Crippen molar-refractivity contribution in [2.45, 2.75) is 32.1 Å². The summed E-state index contributed by atoms with van der Waals surface area (Å²) in [6.07, 6.45) is 3.81. The van der Waals surface area contributed by atoms with Crippen LogP contribution >= 0.6 is 11.6 Å². The van der Waals surface area contributed by atoms with Gasteiger partial charge in [0.25, 0.3) is 0 Å². The van der Waals surface area contributed by atoms with Crippen LogP contribution in [0.3, 0.4) is 0 Å². The molecule has 1 saturated carbocycles. The van der Waals surface area contributed by atoms with Crippen LogP contribution in [-0.2, 0) is 16.0 Å². The Hall–Kier alpha value is -1.55. The number of carbonyl (C=O) groups is 2. The molecule has 0 radical (unpaired) electrons. The molecule has 1 aromatic rings. The molecule has 0 aliphatic heterocycles. The molecule has 1 aliphatic carbocycles. The SMILES string of the molecule is O=C(O)[C@@H]1CCCC[C@H]1C(=O)NCCc1ccc(Cl)cc1. The van der Waals surface area contributed by atoms with E-state index >= 15 is 0 Å². The monoisotopic (exact) mass is 309 g/mol. The minimum Gasteiger partial charge on any atom is -0.481 e. The van der Waals surface area contributed by atoms with Crippen molar-refractivity contribution in [1.29, 1.82) is 0 Å². The Labute approximate surface area is 129 Å². The molecule has 1 amide bonds. The fourth-order valence-electron chi connectivity index (χ4n) is 2.85. The zero-order valence-corrected chi connectivity index (χ0v) is 12.6. The third-order valence-electron chi connectivity index (χ3n) is 4.05. The topological polar surface area (TPSA) is 66.4 Å². The first-order valence-electron chi connectivity index (χ1n) is 7.33. The number of aliphatic carboxylic acids is 1. The molecule has 1 aromatic carbocycles. The molecule has 0 saturated heterocycles. The van der Waals surface area contributed by atoms with Crippen molar-refractivity contribution in [3.05, 3.63) is 34.9 Å². The molecule has 4 nitrogen and oxygen atoms in total. The average Bonchev–Trinajstić information content (AvgIpc) is 2.49. The van der Waals surface area contributed by atoms with Crippen LogP contribution in [0.5, 0.6) is 0 Å². The predicted molar refractivity (Wildman–Crippen MR) is 81.2 cm³/mol. The Kier molecular flexibility index (Phi) is 5.62. The Bertz CT molecular complexity index is 501. The van der Waals surface area contributed by atoms with Crippen molar-refractivity contribution in [2.24, 2.45) is 11.8 Å². The van der Waals surface area contributed by atoms with E-state index in [2.05, 4.69) is 5.32 Å². The first kappa shape index (κ1) is 15.8. The number of carboxylic acid groups (broad SMARTS) is 1. The minimum absolute atomic E-state index is 0.129. The highest BCUT2D eigenvalue weighted by molar-refractivity contribution is 6.30. The molecule has 1 fully saturated rings. The fourth-order valence-corrected chi connectivity index (χ4v) is 2.98. The van der Waals surface area contributed by atoms with Crippen LogP contribution in [0.25, 0.3) is 0 Å². The summed E-state index contributed by atoms with van der Waals surface area (Å²) in [5.74, 6) is -1.90. The Morgan fingerprint density at radius 1 is 1.14 bits per heavy atom. The van der Waals surface area contributed by atoms with E-state index < -0.39 is 11.9 Å². The summed E-state index contributed by atoms with van der Waals surface area (Å²) in [6, 6.07) is 7.49. The molecule has 2 atom stereocenters. The van der Waals surface area contributed by atoms with Crippen LogP contribution in [0.2, 0.25) is 5.02 Å². The third kappa shape index (κ3) is 4.46. The van der Waals surface area contributed by atoms with Gasteiger partial charge in [-0.1, -0.05) is 36.6 Å². The van der Waals surface area contributed by atoms with Crippen molar-refractivity contribution >= 4 is 23.5 Å². The molecule has 1 aliphatic rings. The van der Waals surface area contributed by atoms with Gasteiger partial charge in [0, 0.05) is 11.6 Å². The highest BCUT2D eigenvalue weighted by Crippen LogP contribution is 2.30. The maximum atomic E-state index is 12.2. The van der Waals surface area contributed by atoms with Gasteiger partial charge in [0.2, 0.25) is 5.91 Å². The lowest BCUT2D eigenvalue weighted by Gasteiger charge is -2.27. The van der Waals surface area contributed by atoms with E-state index in [1.54, 1.807) is 0 Å². The van der Waals surface area contributed by atoms with Crippen LogP contribution in [0, 0.1) is 11.8 Å². The fraction of sp³-hybridized carbons (Fsp3) is 0.500. The van der Waals surface area contributed by atoms with Gasteiger partial charge in [0.15, 0.2) is 0 Å². The summed E-state index contributed by atoms with van der Waals surface area (Å²) in [5, 5.41) is 12.7. The number of carboxylic acids is 1. The summed E-state index contributed by atoms with van der Waals surface area (Å²) in [7, 11) is 0. The van der Waals surface area contributed by atoms with E-state index in [9.17, 15) is 14.7 Å². The normalized spacial score (nSPS) is 21.8. The first-order valence-corrected chi connectivity index (χ1v) is 7.70. The van der Waals surface area contributed by atoms with E-state index in [1.165, 1.54) is 0 Å². The van der Waals surface area contributed by atoms with Gasteiger partial charge < -0.3 is 10.4 Å². The molecule has 0 heterocycles. The lowest BCUT2D eigenvalue weighted by atomic mass is 9.78. The number of carbonyl (C=O) groups excluding carboxylic acids is 1. The molecule has 21 heavy (non-hydrogen) atoms. The van der Waals surface area contributed by atoms with Gasteiger partial charge >= 0.3 is 5.97 Å². The number of amides is 1. The van der Waals surface area contributed by atoms with Gasteiger partial charge in [-0.3, -0.25) is 9.59 Å². The van der Waals surface area contributed by atoms with Crippen LogP contribution in [0.4, 0.5) is 0 Å². The predicted octanol–water partition coefficient (Wildman–Crippen LogP) is 2.89. The van der Waals surface area contributed by atoms with Crippen LogP contribution in [-0.4, -0.2) is 23.5 Å². The molecule has 114 valence electrons. The third-order valence-corrected chi connectivity index (χ3v) is 4.30. The second kappa shape index (κ2) is 7.46. The number of benzene rings is 1. The summed E-state index contributed by atoms with van der Waals surface area (Å²) >= 11 is 5.82. The summed E-state index contributed by atoms with van der Waals surface area (Å²) < 4.78 is 0. The summed E-state index contributed by atoms with van der Waals surface area (Å²) in [6.45, 7) is 0.517. The average molecular weight is 310 g/mol. The lowest BCUT2D eigenvalue weighted by molar-refractivity contribution is -0.148. The number of nitrogens with one attached hydrogen (secondary N) is 1. The van der Waals surface area contributed by atoms with E-state index in [0.29, 0.717) is 30.8 Å². The molecule has 2 N–H and O–H groups in total. The van der Waals surface area contributed by atoms with Crippen LogP contribution in [0.15, 0.2) is 24.3 Å². The zero-order valence-electron chi connectivity index (χ0n) is 11.8.